The zero-order chi connectivity index (χ0) is 13.1. The highest BCUT2D eigenvalue weighted by Crippen LogP contribution is 2.25. The second kappa shape index (κ2) is 5.19. The van der Waals surface area contributed by atoms with Crippen LogP contribution in [0.2, 0.25) is 0 Å². The molecule has 1 aliphatic heterocycles. The number of hydrogen-bond donors (Lipinski definition) is 1. The molecule has 17 heavy (non-hydrogen) atoms. The molecule has 0 atom stereocenters. The molecule has 0 aromatic heterocycles. The SMILES string of the molecule is C=CCC1CC[N+](N)(C(=O)OC(C)(C)C)CC1. The van der Waals surface area contributed by atoms with Crippen LogP contribution in [-0.4, -0.2) is 29.4 Å². The number of ether oxygens (including phenoxy) is 1. The molecule has 0 aromatic rings. The number of quaternary nitrogens is 1. The van der Waals surface area contributed by atoms with E-state index in [2.05, 4.69) is 6.58 Å². The number of amides is 1. The van der Waals surface area contributed by atoms with Crippen molar-refractivity contribution in [1.29, 1.82) is 0 Å². The molecule has 2 N–H and O–H groups in total. The average Bonchev–Trinajstić information content (AvgIpc) is 2.19. The Labute approximate surface area is 104 Å². The Morgan fingerprint density at radius 2 is 2.00 bits per heavy atom. The molecule has 1 rings (SSSR count). The summed E-state index contributed by atoms with van der Waals surface area (Å²) in [7, 11) is 0. The number of nitrogens with two attached hydrogens (primary N) is 1. The first-order valence-electron chi connectivity index (χ1n) is 6.27. The molecule has 4 heteroatoms. The van der Waals surface area contributed by atoms with Crippen LogP contribution in [0.1, 0.15) is 40.0 Å². The van der Waals surface area contributed by atoms with E-state index in [-0.39, 0.29) is 10.7 Å². The summed E-state index contributed by atoms with van der Waals surface area (Å²) in [4.78, 5) is 12.0. The Hall–Kier alpha value is -0.870. The molecule has 1 heterocycles. The van der Waals surface area contributed by atoms with Crippen molar-refractivity contribution in [2.24, 2.45) is 11.8 Å². The van der Waals surface area contributed by atoms with Crippen molar-refractivity contribution in [3.8, 4) is 0 Å². The molecule has 0 saturated carbocycles. The van der Waals surface area contributed by atoms with Crippen molar-refractivity contribution in [1.82, 2.24) is 0 Å². The molecule has 0 unspecified atom stereocenters. The van der Waals surface area contributed by atoms with Gasteiger partial charge in [0.2, 0.25) is 0 Å². The largest absolute Gasteiger partial charge is 0.536 e. The lowest BCUT2D eigenvalue weighted by Crippen LogP contribution is -2.63. The van der Waals surface area contributed by atoms with Gasteiger partial charge in [-0.1, -0.05) is 6.08 Å². The number of piperidine rings is 1. The third-order valence-corrected chi connectivity index (χ3v) is 3.13. The minimum atomic E-state index is -0.473. The van der Waals surface area contributed by atoms with E-state index in [4.69, 9.17) is 10.6 Å². The van der Waals surface area contributed by atoms with E-state index in [0.29, 0.717) is 19.0 Å². The second-order valence-corrected chi connectivity index (χ2v) is 5.93. The second-order valence-electron chi connectivity index (χ2n) is 5.93. The van der Waals surface area contributed by atoms with Crippen LogP contribution in [0.4, 0.5) is 4.79 Å². The topological polar surface area (TPSA) is 52.3 Å². The van der Waals surface area contributed by atoms with Crippen LogP contribution in [0.3, 0.4) is 0 Å². The Morgan fingerprint density at radius 3 is 2.41 bits per heavy atom. The van der Waals surface area contributed by atoms with Crippen molar-refractivity contribution >= 4 is 6.09 Å². The normalized spacial score (nSPS) is 29.8. The van der Waals surface area contributed by atoms with Crippen molar-refractivity contribution in [2.75, 3.05) is 13.1 Å². The van der Waals surface area contributed by atoms with Crippen molar-refractivity contribution < 1.29 is 14.1 Å². The molecular formula is C13H25N2O2+. The highest BCUT2D eigenvalue weighted by Gasteiger charge is 2.41. The molecule has 4 nitrogen and oxygen atoms in total. The number of allylic oxidation sites excluding steroid dienone is 1. The van der Waals surface area contributed by atoms with Crippen LogP contribution >= 0.6 is 0 Å². The monoisotopic (exact) mass is 241 g/mol. The predicted octanol–water partition coefficient (Wildman–Crippen LogP) is 2.60. The van der Waals surface area contributed by atoms with E-state index < -0.39 is 5.60 Å². The van der Waals surface area contributed by atoms with Crippen LogP contribution < -0.4 is 5.84 Å². The highest BCUT2D eigenvalue weighted by atomic mass is 16.6. The number of rotatable bonds is 2. The minimum Gasteiger partial charge on any atom is -0.413 e. The number of carbonyl (C=O) groups is 1. The van der Waals surface area contributed by atoms with Gasteiger partial charge in [-0.15, -0.1) is 11.2 Å². The number of hydrogen-bond acceptors (Lipinski definition) is 3. The lowest BCUT2D eigenvalue weighted by atomic mass is 9.93. The number of carbonyl (C=O) groups excluding carboxylic acids is 1. The van der Waals surface area contributed by atoms with Crippen LogP contribution in [0.25, 0.3) is 0 Å². The fraction of sp³-hybridized carbons (Fsp3) is 0.769. The van der Waals surface area contributed by atoms with Gasteiger partial charge in [-0.2, -0.15) is 10.6 Å². The first-order chi connectivity index (χ1) is 7.77. The predicted molar refractivity (Wildman–Crippen MR) is 68.0 cm³/mol. The lowest BCUT2D eigenvalue weighted by Gasteiger charge is -2.36. The summed E-state index contributed by atoms with van der Waals surface area (Å²) in [5, 5.41) is 0. The maximum absolute atomic E-state index is 12.0. The maximum Gasteiger partial charge on any atom is 0.536 e. The van der Waals surface area contributed by atoms with Crippen molar-refractivity contribution in [3.63, 3.8) is 0 Å². The van der Waals surface area contributed by atoms with E-state index in [1.165, 1.54) is 0 Å². The van der Waals surface area contributed by atoms with Crippen LogP contribution in [0.5, 0.6) is 0 Å². The van der Waals surface area contributed by atoms with Gasteiger partial charge in [-0.05, 0) is 33.1 Å². The molecule has 0 aliphatic carbocycles. The van der Waals surface area contributed by atoms with Gasteiger partial charge >= 0.3 is 6.09 Å². The first-order valence-corrected chi connectivity index (χ1v) is 6.27. The van der Waals surface area contributed by atoms with E-state index in [0.717, 1.165) is 19.3 Å². The molecule has 1 amide bonds. The molecule has 1 saturated heterocycles. The van der Waals surface area contributed by atoms with Gasteiger partial charge in [0.15, 0.2) is 0 Å². The molecule has 98 valence electrons. The quantitative estimate of drug-likeness (QED) is 0.350. The summed E-state index contributed by atoms with van der Waals surface area (Å²) in [5.74, 6) is 6.72. The summed E-state index contributed by atoms with van der Waals surface area (Å²) in [5.41, 5.74) is -0.473. The molecule has 1 aliphatic rings. The van der Waals surface area contributed by atoms with E-state index in [9.17, 15) is 4.79 Å². The Morgan fingerprint density at radius 1 is 1.47 bits per heavy atom. The standard InChI is InChI=1S/C13H25N2O2/c1-5-6-11-7-9-15(14,10-8-11)12(16)17-13(2,3)4/h5,11H,1,6-10,14H2,2-4H3/q+1. The van der Waals surface area contributed by atoms with Gasteiger partial charge in [0.25, 0.3) is 0 Å². The van der Waals surface area contributed by atoms with Gasteiger partial charge < -0.3 is 4.74 Å². The fourth-order valence-corrected chi connectivity index (χ4v) is 2.09. The van der Waals surface area contributed by atoms with Gasteiger partial charge in [0.05, 0.1) is 0 Å². The molecule has 0 spiro atoms. The number of nitrogens with zero attached hydrogens (tertiary/aromatic N) is 1. The molecule has 1 fully saturated rings. The van der Waals surface area contributed by atoms with Gasteiger partial charge in [-0.3, -0.25) is 0 Å². The average molecular weight is 241 g/mol. The molecule has 0 aromatic carbocycles. The Balaban J connectivity index is 2.54. The maximum atomic E-state index is 12.0. The lowest BCUT2D eigenvalue weighted by molar-refractivity contribution is -0.876. The summed E-state index contributed by atoms with van der Waals surface area (Å²) >= 11 is 0. The molecule has 0 bridgehead atoms. The zero-order valence-corrected chi connectivity index (χ0v) is 11.2. The fourth-order valence-electron chi connectivity index (χ4n) is 2.09. The van der Waals surface area contributed by atoms with Gasteiger partial charge in [-0.25, -0.2) is 0 Å². The Kier molecular flexibility index (Phi) is 4.33. The summed E-state index contributed by atoms with van der Waals surface area (Å²) in [6, 6.07) is 0. The first kappa shape index (κ1) is 14.2. The van der Waals surface area contributed by atoms with Crippen LogP contribution in [0.15, 0.2) is 12.7 Å². The smallest absolute Gasteiger partial charge is 0.413 e. The Bertz CT molecular complexity index is 286. The van der Waals surface area contributed by atoms with Gasteiger partial charge in [0, 0.05) is 12.8 Å². The van der Waals surface area contributed by atoms with Crippen molar-refractivity contribution in [3.05, 3.63) is 12.7 Å². The molecular weight excluding hydrogens is 216 g/mol. The summed E-state index contributed by atoms with van der Waals surface area (Å²) in [6.07, 6.45) is 4.56. The zero-order valence-electron chi connectivity index (χ0n) is 11.2. The minimum absolute atomic E-state index is 0.0785. The molecule has 0 radical (unpaired) electrons. The third-order valence-electron chi connectivity index (χ3n) is 3.13. The third kappa shape index (κ3) is 4.13. The number of likely N-dealkylation sites (tertiary alicyclic amines) is 1. The van der Waals surface area contributed by atoms with Gasteiger partial charge in [0.1, 0.15) is 18.7 Å². The van der Waals surface area contributed by atoms with Crippen LogP contribution in [0, 0.1) is 5.92 Å². The summed E-state index contributed by atoms with van der Waals surface area (Å²) < 4.78 is 5.29. The van der Waals surface area contributed by atoms with E-state index >= 15 is 0 Å². The summed E-state index contributed by atoms with van der Waals surface area (Å²) in [6.45, 7) is 10.7. The highest BCUT2D eigenvalue weighted by molar-refractivity contribution is 5.59. The van der Waals surface area contributed by atoms with Crippen LogP contribution in [-0.2, 0) is 4.74 Å². The van der Waals surface area contributed by atoms with E-state index in [1.807, 2.05) is 26.8 Å². The van der Waals surface area contributed by atoms with Crippen molar-refractivity contribution in [2.45, 2.75) is 45.6 Å². The van der Waals surface area contributed by atoms with E-state index in [1.54, 1.807) is 0 Å².